The predicted molar refractivity (Wildman–Crippen MR) is 71.5 cm³/mol. The molecule has 2 heterocycles. The van der Waals surface area contributed by atoms with E-state index >= 15 is 0 Å². The Morgan fingerprint density at radius 1 is 1.44 bits per heavy atom. The van der Waals surface area contributed by atoms with Gasteiger partial charge in [0.05, 0.1) is 5.56 Å². The van der Waals surface area contributed by atoms with Gasteiger partial charge in [-0.15, -0.1) is 0 Å². The molecule has 0 saturated carbocycles. The second kappa shape index (κ2) is 5.81. The van der Waals surface area contributed by atoms with Gasteiger partial charge in [-0.1, -0.05) is 0 Å². The maximum atomic E-state index is 10.9. The number of hydrogen-bond acceptors (Lipinski definition) is 4. The van der Waals surface area contributed by atoms with Crippen LogP contribution in [-0.4, -0.2) is 41.4 Å². The zero-order valence-electron chi connectivity index (χ0n) is 9.96. The lowest BCUT2D eigenvalue weighted by Gasteiger charge is -2.27. The minimum absolute atomic E-state index is 0.322. The summed E-state index contributed by atoms with van der Waals surface area (Å²) in [6.07, 6.45) is 1.33. The van der Waals surface area contributed by atoms with Gasteiger partial charge in [0.25, 0.3) is 5.91 Å². The van der Waals surface area contributed by atoms with Crippen LogP contribution in [-0.2, 0) is 6.54 Å². The van der Waals surface area contributed by atoms with Crippen LogP contribution in [0.4, 0.5) is 0 Å². The third-order valence-corrected chi connectivity index (χ3v) is 3.61. The van der Waals surface area contributed by atoms with Crippen molar-refractivity contribution in [1.82, 2.24) is 4.90 Å². The quantitative estimate of drug-likeness (QED) is 0.604. The molecule has 18 heavy (non-hydrogen) atoms. The van der Waals surface area contributed by atoms with Gasteiger partial charge in [0, 0.05) is 24.6 Å². The van der Waals surface area contributed by atoms with E-state index in [0.29, 0.717) is 23.8 Å². The number of guanidine groups is 1. The average Bonchev–Trinajstić information content (AvgIpc) is 2.86. The first kappa shape index (κ1) is 12.8. The molecule has 0 unspecified atom stereocenters. The molecule has 1 saturated heterocycles. The van der Waals surface area contributed by atoms with E-state index in [0.717, 1.165) is 24.6 Å². The van der Waals surface area contributed by atoms with Gasteiger partial charge < -0.3 is 20.8 Å². The molecule has 7 heteroatoms. The van der Waals surface area contributed by atoms with E-state index in [2.05, 4.69) is 9.89 Å². The molecule has 1 aromatic rings. The molecule has 0 radical (unpaired) electrons. The summed E-state index contributed by atoms with van der Waals surface area (Å²) in [5, 5.41) is 0. The summed E-state index contributed by atoms with van der Waals surface area (Å²) in [4.78, 5) is 17.2. The number of nitrogens with two attached hydrogens (primary N) is 2. The molecule has 1 fully saturated rings. The molecule has 6 nitrogen and oxygen atoms in total. The number of thioether (sulfide) groups is 1. The third-order valence-electron chi connectivity index (χ3n) is 2.67. The Balaban J connectivity index is 1.93. The van der Waals surface area contributed by atoms with E-state index in [9.17, 15) is 4.79 Å². The van der Waals surface area contributed by atoms with Crippen molar-refractivity contribution in [3.8, 4) is 0 Å². The summed E-state index contributed by atoms with van der Waals surface area (Å²) in [7, 11) is 0. The van der Waals surface area contributed by atoms with Gasteiger partial charge in [0.1, 0.15) is 18.6 Å². The maximum absolute atomic E-state index is 10.9. The van der Waals surface area contributed by atoms with E-state index in [-0.39, 0.29) is 0 Å². The summed E-state index contributed by atoms with van der Waals surface area (Å²) in [6.45, 7) is 2.16. The lowest BCUT2D eigenvalue weighted by molar-refractivity contribution is 0.0999. The zero-order valence-corrected chi connectivity index (χ0v) is 10.8. The first-order chi connectivity index (χ1) is 8.66. The van der Waals surface area contributed by atoms with Crippen molar-refractivity contribution in [2.24, 2.45) is 16.5 Å². The normalized spacial score (nSPS) is 16.9. The van der Waals surface area contributed by atoms with E-state index < -0.39 is 5.91 Å². The summed E-state index contributed by atoms with van der Waals surface area (Å²) in [5.74, 6) is 2.74. The number of carbonyl (C=O) groups excluding carboxylic acids is 1. The number of furan rings is 1. The second-order valence-electron chi connectivity index (χ2n) is 3.94. The van der Waals surface area contributed by atoms with Gasteiger partial charge in [-0.2, -0.15) is 11.8 Å². The van der Waals surface area contributed by atoms with Gasteiger partial charge in [0.2, 0.25) is 0 Å². The Hall–Kier alpha value is -1.63. The van der Waals surface area contributed by atoms with Crippen LogP contribution < -0.4 is 11.5 Å². The minimum atomic E-state index is -0.505. The predicted octanol–water partition coefficient (Wildman–Crippen LogP) is 0.242. The largest absolute Gasteiger partial charge is 0.467 e. The number of amides is 1. The van der Waals surface area contributed by atoms with E-state index in [1.807, 2.05) is 11.8 Å². The van der Waals surface area contributed by atoms with Crippen molar-refractivity contribution in [2.45, 2.75) is 6.54 Å². The average molecular weight is 268 g/mol. The van der Waals surface area contributed by atoms with Crippen molar-refractivity contribution in [1.29, 1.82) is 0 Å². The number of hydrogen-bond donors (Lipinski definition) is 2. The van der Waals surface area contributed by atoms with Crippen LogP contribution in [0, 0.1) is 0 Å². The molecule has 1 aliphatic rings. The Kier molecular flexibility index (Phi) is 4.14. The smallest absolute Gasteiger partial charge is 0.251 e. The van der Waals surface area contributed by atoms with Crippen molar-refractivity contribution in [3.63, 3.8) is 0 Å². The Bertz CT molecular complexity index is 452. The van der Waals surface area contributed by atoms with Gasteiger partial charge in [0.15, 0.2) is 5.96 Å². The first-order valence-electron chi connectivity index (χ1n) is 5.66. The van der Waals surface area contributed by atoms with E-state index in [1.165, 1.54) is 6.26 Å². The van der Waals surface area contributed by atoms with Gasteiger partial charge >= 0.3 is 0 Å². The molecule has 2 rings (SSSR count). The highest BCUT2D eigenvalue weighted by Crippen LogP contribution is 2.10. The van der Waals surface area contributed by atoms with Crippen molar-refractivity contribution >= 4 is 23.6 Å². The number of nitrogens with zero attached hydrogens (tertiary/aromatic N) is 2. The first-order valence-corrected chi connectivity index (χ1v) is 6.82. The monoisotopic (exact) mass is 268 g/mol. The summed E-state index contributed by atoms with van der Waals surface area (Å²) in [5.41, 5.74) is 11.4. The van der Waals surface area contributed by atoms with Crippen LogP contribution >= 0.6 is 11.8 Å². The highest BCUT2D eigenvalue weighted by atomic mass is 32.2. The van der Waals surface area contributed by atoms with E-state index in [4.69, 9.17) is 15.9 Å². The minimum Gasteiger partial charge on any atom is -0.467 e. The van der Waals surface area contributed by atoms with Crippen LogP contribution in [0.5, 0.6) is 0 Å². The molecule has 1 aliphatic heterocycles. The standard InChI is InChI=1S/C11H16N4O2S/c12-10(16)8-5-9(17-7-8)6-14-11(13)15-1-3-18-4-2-15/h5,7H,1-4,6H2,(H2,12,16)(H2,13,14). The molecule has 0 bridgehead atoms. The fourth-order valence-electron chi connectivity index (χ4n) is 1.64. The molecule has 98 valence electrons. The molecule has 4 N–H and O–H groups in total. The maximum Gasteiger partial charge on any atom is 0.251 e. The number of aliphatic imine (C=N–C) groups is 1. The van der Waals surface area contributed by atoms with Gasteiger partial charge in [-0.05, 0) is 6.07 Å². The zero-order chi connectivity index (χ0) is 13.0. The van der Waals surface area contributed by atoms with Crippen LogP contribution in [0.3, 0.4) is 0 Å². The molecule has 0 aliphatic carbocycles. The summed E-state index contributed by atoms with van der Waals surface area (Å²) >= 11 is 1.91. The SMILES string of the molecule is NC(=O)c1coc(CN=C(N)N2CCSCC2)c1. The number of rotatable bonds is 3. The summed E-state index contributed by atoms with van der Waals surface area (Å²) in [6, 6.07) is 1.59. The molecular formula is C11H16N4O2S. The second-order valence-corrected chi connectivity index (χ2v) is 5.16. The molecule has 0 aromatic carbocycles. The van der Waals surface area contributed by atoms with Crippen LogP contribution in [0.2, 0.25) is 0 Å². The molecule has 0 spiro atoms. The third kappa shape index (κ3) is 3.19. The van der Waals surface area contributed by atoms with E-state index in [1.54, 1.807) is 6.07 Å². The van der Waals surface area contributed by atoms with Crippen molar-refractivity contribution in [2.75, 3.05) is 24.6 Å². The van der Waals surface area contributed by atoms with Crippen LogP contribution in [0.15, 0.2) is 21.7 Å². The Morgan fingerprint density at radius 3 is 2.78 bits per heavy atom. The topological polar surface area (TPSA) is 97.8 Å². The Labute approximate surface area is 109 Å². The summed E-state index contributed by atoms with van der Waals surface area (Å²) < 4.78 is 5.18. The fourth-order valence-corrected chi connectivity index (χ4v) is 2.55. The van der Waals surface area contributed by atoms with Crippen molar-refractivity contribution < 1.29 is 9.21 Å². The molecular weight excluding hydrogens is 252 g/mol. The van der Waals surface area contributed by atoms with Crippen LogP contribution in [0.25, 0.3) is 0 Å². The molecule has 1 aromatic heterocycles. The Morgan fingerprint density at radius 2 is 2.17 bits per heavy atom. The molecule has 1 amide bonds. The van der Waals surface area contributed by atoms with Gasteiger partial charge in [-0.3, -0.25) is 4.79 Å². The van der Waals surface area contributed by atoms with Crippen molar-refractivity contribution in [3.05, 3.63) is 23.7 Å². The van der Waals surface area contributed by atoms with Gasteiger partial charge in [-0.25, -0.2) is 4.99 Å². The highest BCUT2D eigenvalue weighted by Gasteiger charge is 2.12. The lowest BCUT2D eigenvalue weighted by Crippen LogP contribution is -2.42. The highest BCUT2D eigenvalue weighted by molar-refractivity contribution is 7.99. The number of carbonyl (C=O) groups is 1. The molecule has 0 atom stereocenters. The number of primary amides is 1. The van der Waals surface area contributed by atoms with Crippen LogP contribution in [0.1, 0.15) is 16.1 Å². The fraction of sp³-hybridized carbons (Fsp3) is 0.455. The lowest BCUT2D eigenvalue weighted by atomic mass is 10.3.